The van der Waals surface area contributed by atoms with Crippen molar-refractivity contribution < 1.29 is 19.9 Å². The first-order valence-electron chi connectivity index (χ1n) is 7.10. The maximum atomic E-state index is 12.1. The standard InChI is InChI=1S/C16H12N4O5/c1-19-12-5-3-2-4-10(12)14(16(19)23)17-18-15(22)11-8-9(20(24)25)6-7-13(11)21/h2-8,21,23H,1H3. The summed E-state index contributed by atoms with van der Waals surface area (Å²) in [5.41, 5.74) is 0.0815. The second-order valence-corrected chi connectivity index (χ2v) is 5.21. The Morgan fingerprint density at radius 1 is 1.20 bits per heavy atom. The summed E-state index contributed by atoms with van der Waals surface area (Å²) in [5.74, 6) is -1.59. The zero-order chi connectivity index (χ0) is 18.1. The van der Waals surface area contributed by atoms with Crippen molar-refractivity contribution in [2.75, 3.05) is 0 Å². The number of non-ortho nitro benzene ring substituents is 1. The number of hydrogen-bond donors (Lipinski definition) is 2. The number of carbonyl (C=O) groups is 1. The van der Waals surface area contributed by atoms with Crippen LogP contribution in [0.1, 0.15) is 10.4 Å². The molecule has 3 rings (SSSR count). The van der Waals surface area contributed by atoms with Crippen LogP contribution < -0.4 is 0 Å². The fraction of sp³-hybridized carbons (Fsp3) is 0.0625. The number of para-hydroxylation sites is 1. The number of azo groups is 1. The van der Waals surface area contributed by atoms with Crippen molar-refractivity contribution in [3.8, 4) is 11.6 Å². The predicted molar refractivity (Wildman–Crippen MR) is 88.2 cm³/mol. The molecule has 126 valence electrons. The topological polar surface area (TPSA) is 130 Å². The van der Waals surface area contributed by atoms with Crippen LogP contribution in [0.15, 0.2) is 52.7 Å². The first kappa shape index (κ1) is 16.1. The first-order valence-corrected chi connectivity index (χ1v) is 7.10. The molecule has 0 saturated heterocycles. The van der Waals surface area contributed by atoms with Crippen molar-refractivity contribution in [1.29, 1.82) is 0 Å². The number of rotatable bonds is 3. The minimum Gasteiger partial charge on any atom is -0.507 e. The molecule has 3 aromatic rings. The van der Waals surface area contributed by atoms with Gasteiger partial charge in [-0.25, -0.2) is 0 Å². The highest BCUT2D eigenvalue weighted by atomic mass is 16.6. The molecule has 2 N–H and O–H groups in total. The number of aromatic hydroxyl groups is 2. The molecule has 25 heavy (non-hydrogen) atoms. The average Bonchev–Trinajstić information content (AvgIpc) is 2.84. The maximum Gasteiger partial charge on any atom is 0.299 e. The monoisotopic (exact) mass is 340 g/mol. The molecule has 0 spiro atoms. The van der Waals surface area contributed by atoms with E-state index in [9.17, 15) is 25.1 Å². The molecule has 2 aromatic carbocycles. The summed E-state index contributed by atoms with van der Waals surface area (Å²) in [6.07, 6.45) is 0. The number of hydrogen-bond acceptors (Lipinski definition) is 6. The largest absolute Gasteiger partial charge is 0.507 e. The highest BCUT2D eigenvalue weighted by Crippen LogP contribution is 2.38. The number of aryl methyl sites for hydroxylation is 1. The number of amides is 1. The van der Waals surface area contributed by atoms with Crippen molar-refractivity contribution in [2.24, 2.45) is 17.3 Å². The van der Waals surface area contributed by atoms with Crippen molar-refractivity contribution in [2.45, 2.75) is 0 Å². The summed E-state index contributed by atoms with van der Waals surface area (Å²) >= 11 is 0. The van der Waals surface area contributed by atoms with Crippen molar-refractivity contribution >= 4 is 28.2 Å². The summed E-state index contributed by atoms with van der Waals surface area (Å²) in [4.78, 5) is 22.2. The fourth-order valence-corrected chi connectivity index (χ4v) is 2.42. The Balaban J connectivity index is 2.01. The lowest BCUT2D eigenvalue weighted by Crippen LogP contribution is -1.97. The molecule has 0 fully saturated rings. The maximum absolute atomic E-state index is 12.1. The molecule has 0 radical (unpaired) electrons. The number of carbonyl (C=O) groups excluding carboxylic acids is 1. The lowest BCUT2D eigenvalue weighted by molar-refractivity contribution is -0.384. The average molecular weight is 340 g/mol. The second kappa shape index (κ2) is 6.04. The molecule has 0 bridgehead atoms. The van der Waals surface area contributed by atoms with Crippen LogP contribution in [0.5, 0.6) is 11.6 Å². The predicted octanol–water partition coefficient (Wildman–Crippen LogP) is 3.42. The van der Waals surface area contributed by atoms with E-state index in [1.54, 1.807) is 31.3 Å². The van der Waals surface area contributed by atoms with Gasteiger partial charge in [0.25, 0.3) is 11.6 Å². The van der Waals surface area contributed by atoms with Crippen LogP contribution in [-0.4, -0.2) is 25.6 Å². The number of phenolic OH excluding ortho intramolecular Hbond substituents is 1. The van der Waals surface area contributed by atoms with E-state index in [0.717, 1.165) is 18.2 Å². The minimum absolute atomic E-state index is 0.0939. The lowest BCUT2D eigenvalue weighted by Gasteiger charge is -1.99. The van der Waals surface area contributed by atoms with E-state index in [-0.39, 0.29) is 22.8 Å². The van der Waals surface area contributed by atoms with Crippen LogP contribution in [0.4, 0.5) is 11.4 Å². The van der Waals surface area contributed by atoms with Crippen molar-refractivity contribution in [3.05, 3.63) is 58.1 Å². The summed E-state index contributed by atoms with van der Waals surface area (Å²) < 4.78 is 1.49. The van der Waals surface area contributed by atoms with Gasteiger partial charge in [-0.15, -0.1) is 10.2 Å². The molecule has 9 heteroatoms. The van der Waals surface area contributed by atoms with Gasteiger partial charge in [0, 0.05) is 24.6 Å². The van der Waals surface area contributed by atoms with Gasteiger partial charge in [0.15, 0.2) is 5.69 Å². The number of aromatic nitrogens is 1. The third kappa shape index (κ3) is 2.78. The van der Waals surface area contributed by atoms with Gasteiger partial charge < -0.3 is 14.8 Å². The molecule has 1 amide bonds. The van der Waals surface area contributed by atoms with Gasteiger partial charge in [0.2, 0.25) is 5.88 Å². The smallest absolute Gasteiger partial charge is 0.299 e. The highest BCUT2D eigenvalue weighted by Gasteiger charge is 2.18. The fourth-order valence-electron chi connectivity index (χ4n) is 2.42. The zero-order valence-corrected chi connectivity index (χ0v) is 12.9. The zero-order valence-electron chi connectivity index (χ0n) is 12.9. The third-order valence-corrected chi connectivity index (χ3v) is 3.71. The first-order chi connectivity index (χ1) is 11.9. The van der Waals surface area contributed by atoms with Crippen LogP contribution in [0.25, 0.3) is 10.9 Å². The Bertz CT molecular complexity index is 1040. The highest BCUT2D eigenvalue weighted by molar-refractivity contribution is 5.99. The molecule has 9 nitrogen and oxygen atoms in total. The Kier molecular flexibility index (Phi) is 3.89. The van der Waals surface area contributed by atoms with Gasteiger partial charge in [-0.3, -0.25) is 14.9 Å². The van der Waals surface area contributed by atoms with Crippen molar-refractivity contribution in [1.82, 2.24) is 4.57 Å². The molecular weight excluding hydrogens is 328 g/mol. The van der Waals surface area contributed by atoms with Crippen LogP contribution in [0, 0.1) is 10.1 Å². The van der Waals surface area contributed by atoms with E-state index in [1.165, 1.54) is 4.57 Å². The Morgan fingerprint density at radius 2 is 1.92 bits per heavy atom. The molecule has 0 aliphatic rings. The number of nitrogens with zero attached hydrogens (tertiary/aromatic N) is 4. The number of nitro groups is 1. The van der Waals surface area contributed by atoms with Crippen LogP contribution in [0.2, 0.25) is 0 Å². The van der Waals surface area contributed by atoms with Gasteiger partial charge in [-0.2, -0.15) is 0 Å². The molecule has 0 aliphatic carbocycles. The second-order valence-electron chi connectivity index (χ2n) is 5.21. The summed E-state index contributed by atoms with van der Waals surface area (Å²) in [6, 6.07) is 10.0. The van der Waals surface area contributed by atoms with Crippen LogP contribution >= 0.6 is 0 Å². The normalized spacial score (nSPS) is 11.2. The number of nitro benzene ring substituents is 1. The van der Waals surface area contributed by atoms with Gasteiger partial charge in [0.1, 0.15) is 5.75 Å². The number of fused-ring (bicyclic) bond motifs is 1. The Hall–Kier alpha value is -3.75. The van der Waals surface area contributed by atoms with Gasteiger partial charge >= 0.3 is 0 Å². The molecule has 0 aliphatic heterocycles. The van der Waals surface area contributed by atoms with E-state index >= 15 is 0 Å². The molecule has 1 heterocycles. The summed E-state index contributed by atoms with van der Waals surface area (Å²) in [6.45, 7) is 0. The van der Waals surface area contributed by atoms with E-state index in [1.807, 2.05) is 0 Å². The van der Waals surface area contributed by atoms with E-state index in [4.69, 9.17) is 0 Å². The Labute approximate surface area is 140 Å². The third-order valence-electron chi connectivity index (χ3n) is 3.71. The van der Waals surface area contributed by atoms with E-state index in [0.29, 0.717) is 10.9 Å². The number of phenols is 1. The molecule has 0 unspecified atom stereocenters. The summed E-state index contributed by atoms with van der Waals surface area (Å²) in [5, 5.41) is 38.5. The minimum atomic E-state index is -0.964. The van der Waals surface area contributed by atoms with E-state index < -0.39 is 16.6 Å². The van der Waals surface area contributed by atoms with Gasteiger partial charge in [-0.1, -0.05) is 18.2 Å². The quantitative estimate of drug-likeness (QED) is 0.428. The van der Waals surface area contributed by atoms with Crippen molar-refractivity contribution in [3.63, 3.8) is 0 Å². The Morgan fingerprint density at radius 3 is 2.64 bits per heavy atom. The SMILES string of the molecule is Cn1c(O)c(N=NC(=O)c2cc([N+](=O)[O-])ccc2O)c2ccccc21. The van der Waals surface area contributed by atoms with Crippen LogP contribution in [0.3, 0.4) is 0 Å². The van der Waals surface area contributed by atoms with Gasteiger partial charge in [0.05, 0.1) is 16.0 Å². The number of benzene rings is 2. The molecule has 1 aromatic heterocycles. The molecule has 0 saturated carbocycles. The molecule has 0 atom stereocenters. The summed E-state index contributed by atoms with van der Waals surface area (Å²) in [7, 11) is 1.63. The van der Waals surface area contributed by atoms with Crippen LogP contribution in [-0.2, 0) is 7.05 Å². The molecular formula is C16H12N4O5. The lowest BCUT2D eigenvalue weighted by atomic mass is 10.1. The van der Waals surface area contributed by atoms with E-state index in [2.05, 4.69) is 10.2 Å². The van der Waals surface area contributed by atoms with Gasteiger partial charge in [-0.05, 0) is 12.1 Å².